The van der Waals surface area contributed by atoms with E-state index in [4.69, 9.17) is 5.73 Å². The first-order valence-corrected chi connectivity index (χ1v) is 6.11. The normalized spacial score (nSPS) is 24.4. The number of anilines is 1. The number of hydrogen-bond donors (Lipinski definition) is 1. The lowest BCUT2D eigenvalue weighted by Crippen LogP contribution is -2.37. The molecular formula is C13H19N3O. The predicted octanol–water partition coefficient (Wildman–Crippen LogP) is 1.56. The van der Waals surface area contributed by atoms with E-state index in [1.54, 1.807) is 17.3 Å². The molecule has 0 bridgehead atoms. The largest absolute Gasteiger partial charge is 0.328 e. The van der Waals surface area contributed by atoms with Crippen LogP contribution in [0, 0.1) is 5.92 Å². The van der Waals surface area contributed by atoms with Crippen molar-refractivity contribution in [3.05, 3.63) is 24.5 Å². The molecule has 0 atom stereocenters. The fraction of sp³-hybridized carbons (Fsp3) is 0.538. The van der Waals surface area contributed by atoms with Crippen molar-refractivity contribution in [2.24, 2.45) is 11.7 Å². The van der Waals surface area contributed by atoms with Crippen LogP contribution in [0.25, 0.3) is 0 Å². The number of aromatic nitrogens is 1. The summed E-state index contributed by atoms with van der Waals surface area (Å²) in [7, 11) is 1.83. The second-order valence-corrected chi connectivity index (χ2v) is 4.71. The molecule has 4 heteroatoms. The number of rotatable bonds is 2. The Labute approximate surface area is 102 Å². The second-order valence-electron chi connectivity index (χ2n) is 4.71. The fourth-order valence-corrected chi connectivity index (χ4v) is 2.33. The SMILES string of the molecule is CN(C(=O)C1CCC(N)CC1)c1ccncc1. The minimum Gasteiger partial charge on any atom is -0.328 e. The van der Waals surface area contributed by atoms with Crippen LogP contribution in [0.2, 0.25) is 0 Å². The Bertz CT molecular complexity index is 372. The number of carbonyl (C=O) groups excluding carboxylic acids is 1. The van der Waals surface area contributed by atoms with E-state index in [9.17, 15) is 4.79 Å². The Balaban J connectivity index is 2.00. The quantitative estimate of drug-likeness (QED) is 0.843. The molecule has 0 aromatic carbocycles. The fourth-order valence-electron chi connectivity index (χ4n) is 2.33. The molecular weight excluding hydrogens is 214 g/mol. The number of hydrogen-bond acceptors (Lipinski definition) is 3. The van der Waals surface area contributed by atoms with Gasteiger partial charge in [-0.3, -0.25) is 9.78 Å². The molecule has 0 saturated heterocycles. The number of pyridine rings is 1. The Morgan fingerprint density at radius 1 is 1.29 bits per heavy atom. The average Bonchev–Trinajstić information content (AvgIpc) is 2.39. The van der Waals surface area contributed by atoms with E-state index in [1.165, 1.54) is 0 Å². The summed E-state index contributed by atoms with van der Waals surface area (Å²) in [6.45, 7) is 0. The van der Waals surface area contributed by atoms with Gasteiger partial charge < -0.3 is 10.6 Å². The van der Waals surface area contributed by atoms with E-state index in [1.807, 2.05) is 19.2 Å². The van der Waals surface area contributed by atoms with Gasteiger partial charge in [-0.25, -0.2) is 0 Å². The topological polar surface area (TPSA) is 59.2 Å². The van der Waals surface area contributed by atoms with E-state index in [0.717, 1.165) is 31.4 Å². The van der Waals surface area contributed by atoms with Crippen LogP contribution in [0.1, 0.15) is 25.7 Å². The van der Waals surface area contributed by atoms with Gasteiger partial charge >= 0.3 is 0 Å². The molecule has 1 fully saturated rings. The Morgan fingerprint density at radius 3 is 2.47 bits per heavy atom. The van der Waals surface area contributed by atoms with Crippen LogP contribution >= 0.6 is 0 Å². The van der Waals surface area contributed by atoms with Crippen molar-refractivity contribution in [3.8, 4) is 0 Å². The summed E-state index contributed by atoms with van der Waals surface area (Å²) in [4.78, 5) is 18.0. The van der Waals surface area contributed by atoms with Crippen LogP contribution in [0.4, 0.5) is 5.69 Å². The number of carbonyl (C=O) groups is 1. The molecule has 92 valence electrons. The molecule has 0 unspecified atom stereocenters. The van der Waals surface area contributed by atoms with Gasteiger partial charge in [0.2, 0.25) is 5.91 Å². The van der Waals surface area contributed by atoms with E-state index >= 15 is 0 Å². The third kappa shape index (κ3) is 2.82. The zero-order valence-corrected chi connectivity index (χ0v) is 10.2. The molecule has 0 aliphatic heterocycles. The van der Waals surface area contributed by atoms with Gasteiger partial charge in [0.1, 0.15) is 0 Å². The van der Waals surface area contributed by atoms with Crippen LogP contribution in [-0.2, 0) is 4.79 Å². The van der Waals surface area contributed by atoms with Gasteiger partial charge in [0, 0.05) is 37.1 Å². The van der Waals surface area contributed by atoms with E-state index in [2.05, 4.69) is 4.98 Å². The highest BCUT2D eigenvalue weighted by Crippen LogP contribution is 2.26. The molecule has 1 saturated carbocycles. The zero-order chi connectivity index (χ0) is 12.3. The summed E-state index contributed by atoms with van der Waals surface area (Å²) in [6, 6.07) is 3.99. The van der Waals surface area contributed by atoms with Gasteiger partial charge in [-0.2, -0.15) is 0 Å². The van der Waals surface area contributed by atoms with Crippen molar-refractivity contribution >= 4 is 11.6 Å². The van der Waals surface area contributed by atoms with Gasteiger partial charge in [-0.1, -0.05) is 0 Å². The van der Waals surface area contributed by atoms with Gasteiger partial charge in [-0.15, -0.1) is 0 Å². The summed E-state index contributed by atoms with van der Waals surface area (Å²) in [6.07, 6.45) is 7.15. The van der Waals surface area contributed by atoms with Crippen molar-refractivity contribution in [1.82, 2.24) is 4.98 Å². The summed E-state index contributed by atoms with van der Waals surface area (Å²) in [5, 5.41) is 0. The number of amides is 1. The van der Waals surface area contributed by atoms with E-state index in [-0.39, 0.29) is 17.9 Å². The lowest BCUT2D eigenvalue weighted by atomic mass is 9.85. The Hall–Kier alpha value is -1.42. The first-order valence-electron chi connectivity index (χ1n) is 6.11. The zero-order valence-electron chi connectivity index (χ0n) is 10.2. The molecule has 1 amide bonds. The molecule has 2 N–H and O–H groups in total. The van der Waals surface area contributed by atoms with Crippen molar-refractivity contribution in [2.45, 2.75) is 31.7 Å². The molecule has 1 aliphatic carbocycles. The predicted molar refractivity (Wildman–Crippen MR) is 67.6 cm³/mol. The van der Waals surface area contributed by atoms with Gasteiger partial charge in [0.15, 0.2) is 0 Å². The minimum absolute atomic E-state index is 0.132. The van der Waals surface area contributed by atoms with Crippen LogP contribution in [0.5, 0.6) is 0 Å². The highest BCUT2D eigenvalue weighted by molar-refractivity contribution is 5.94. The van der Waals surface area contributed by atoms with Crippen molar-refractivity contribution in [2.75, 3.05) is 11.9 Å². The summed E-state index contributed by atoms with van der Waals surface area (Å²) >= 11 is 0. The molecule has 0 spiro atoms. The van der Waals surface area contributed by atoms with E-state index < -0.39 is 0 Å². The molecule has 1 heterocycles. The van der Waals surface area contributed by atoms with Crippen LogP contribution in [0.15, 0.2) is 24.5 Å². The lowest BCUT2D eigenvalue weighted by molar-refractivity contribution is -0.123. The van der Waals surface area contributed by atoms with Crippen LogP contribution in [0.3, 0.4) is 0 Å². The second kappa shape index (κ2) is 5.27. The van der Waals surface area contributed by atoms with Crippen molar-refractivity contribution < 1.29 is 4.79 Å². The molecule has 1 aliphatic rings. The summed E-state index contributed by atoms with van der Waals surface area (Å²) in [5.41, 5.74) is 6.75. The number of nitrogens with zero attached hydrogens (tertiary/aromatic N) is 2. The Kier molecular flexibility index (Phi) is 3.74. The molecule has 1 aromatic heterocycles. The molecule has 4 nitrogen and oxygen atoms in total. The highest BCUT2D eigenvalue weighted by atomic mass is 16.2. The third-order valence-corrected chi connectivity index (χ3v) is 3.50. The third-order valence-electron chi connectivity index (χ3n) is 3.50. The smallest absolute Gasteiger partial charge is 0.229 e. The van der Waals surface area contributed by atoms with Crippen molar-refractivity contribution in [3.63, 3.8) is 0 Å². The lowest BCUT2D eigenvalue weighted by Gasteiger charge is -2.28. The Morgan fingerprint density at radius 2 is 1.88 bits per heavy atom. The maximum Gasteiger partial charge on any atom is 0.229 e. The summed E-state index contributed by atoms with van der Waals surface area (Å²) < 4.78 is 0. The first kappa shape index (κ1) is 12.0. The van der Waals surface area contributed by atoms with E-state index in [0.29, 0.717) is 0 Å². The average molecular weight is 233 g/mol. The van der Waals surface area contributed by atoms with Gasteiger partial charge in [0.25, 0.3) is 0 Å². The van der Waals surface area contributed by atoms with Crippen molar-refractivity contribution in [1.29, 1.82) is 0 Å². The highest BCUT2D eigenvalue weighted by Gasteiger charge is 2.27. The van der Waals surface area contributed by atoms with Gasteiger partial charge in [-0.05, 0) is 37.8 Å². The maximum atomic E-state index is 12.3. The minimum atomic E-state index is 0.132. The summed E-state index contributed by atoms with van der Waals surface area (Å²) in [5.74, 6) is 0.330. The molecule has 1 aromatic rings. The molecule has 2 rings (SSSR count). The monoisotopic (exact) mass is 233 g/mol. The first-order chi connectivity index (χ1) is 8.18. The molecule has 0 radical (unpaired) electrons. The molecule has 17 heavy (non-hydrogen) atoms. The standard InChI is InChI=1S/C13H19N3O/c1-16(12-6-8-15-9-7-12)13(17)10-2-4-11(14)5-3-10/h6-11H,2-5,14H2,1H3. The number of nitrogens with two attached hydrogens (primary N) is 1. The maximum absolute atomic E-state index is 12.3. The van der Waals surface area contributed by atoms with Crippen LogP contribution < -0.4 is 10.6 Å². The van der Waals surface area contributed by atoms with Crippen LogP contribution in [-0.4, -0.2) is 24.0 Å². The van der Waals surface area contributed by atoms with Gasteiger partial charge in [0.05, 0.1) is 0 Å².